The second kappa shape index (κ2) is 6.07. The SMILES string of the molecule is O=C(CS)N1CCN(Cc2ccccc2)CC1. The van der Waals surface area contributed by atoms with Crippen LogP contribution in [0.1, 0.15) is 5.56 Å². The monoisotopic (exact) mass is 250 g/mol. The lowest BCUT2D eigenvalue weighted by molar-refractivity contribution is -0.130. The van der Waals surface area contributed by atoms with Crippen molar-refractivity contribution in [1.29, 1.82) is 0 Å². The molecule has 1 aliphatic rings. The number of nitrogens with zero attached hydrogens (tertiary/aromatic N) is 2. The summed E-state index contributed by atoms with van der Waals surface area (Å²) in [5.41, 5.74) is 1.33. The maximum absolute atomic E-state index is 11.5. The van der Waals surface area contributed by atoms with Gasteiger partial charge in [-0.25, -0.2) is 0 Å². The molecule has 17 heavy (non-hydrogen) atoms. The molecule has 0 bridgehead atoms. The summed E-state index contributed by atoms with van der Waals surface area (Å²) in [4.78, 5) is 15.7. The van der Waals surface area contributed by atoms with Gasteiger partial charge in [-0.1, -0.05) is 30.3 Å². The van der Waals surface area contributed by atoms with E-state index in [1.165, 1.54) is 5.56 Å². The smallest absolute Gasteiger partial charge is 0.232 e. The van der Waals surface area contributed by atoms with Gasteiger partial charge in [-0.15, -0.1) is 0 Å². The number of hydrogen-bond donors (Lipinski definition) is 1. The number of hydrogen-bond acceptors (Lipinski definition) is 3. The van der Waals surface area contributed by atoms with E-state index in [4.69, 9.17) is 0 Å². The van der Waals surface area contributed by atoms with E-state index in [1.807, 2.05) is 11.0 Å². The quantitative estimate of drug-likeness (QED) is 0.817. The second-order valence-electron chi connectivity index (χ2n) is 4.30. The van der Waals surface area contributed by atoms with Crippen molar-refractivity contribution in [2.75, 3.05) is 31.9 Å². The van der Waals surface area contributed by atoms with Gasteiger partial charge in [0.2, 0.25) is 5.91 Å². The largest absolute Gasteiger partial charge is 0.339 e. The number of benzene rings is 1. The third kappa shape index (κ3) is 3.48. The first-order valence-corrected chi connectivity index (χ1v) is 6.58. The number of thiol groups is 1. The first kappa shape index (κ1) is 12.5. The van der Waals surface area contributed by atoms with Gasteiger partial charge in [0.1, 0.15) is 0 Å². The first-order valence-electron chi connectivity index (χ1n) is 5.94. The molecule has 0 N–H and O–H groups in total. The molecule has 4 heteroatoms. The molecule has 0 spiro atoms. The molecule has 0 aliphatic carbocycles. The molecular weight excluding hydrogens is 232 g/mol. The molecule has 0 unspecified atom stereocenters. The van der Waals surface area contributed by atoms with Crippen LogP contribution in [0.2, 0.25) is 0 Å². The second-order valence-corrected chi connectivity index (χ2v) is 4.62. The van der Waals surface area contributed by atoms with E-state index in [1.54, 1.807) is 0 Å². The fraction of sp³-hybridized carbons (Fsp3) is 0.462. The molecule has 0 radical (unpaired) electrons. The number of piperazine rings is 1. The summed E-state index contributed by atoms with van der Waals surface area (Å²) in [7, 11) is 0. The minimum absolute atomic E-state index is 0.146. The molecule has 1 amide bonds. The Morgan fingerprint density at radius 3 is 2.35 bits per heavy atom. The molecule has 3 nitrogen and oxygen atoms in total. The van der Waals surface area contributed by atoms with E-state index < -0.39 is 0 Å². The predicted octanol–water partition coefficient (Wildman–Crippen LogP) is 1.26. The van der Waals surface area contributed by atoms with Gasteiger partial charge in [-0.2, -0.15) is 12.6 Å². The summed E-state index contributed by atoms with van der Waals surface area (Å²) >= 11 is 4.02. The maximum Gasteiger partial charge on any atom is 0.232 e. The molecule has 2 rings (SSSR count). The van der Waals surface area contributed by atoms with E-state index in [9.17, 15) is 4.79 Å². The van der Waals surface area contributed by atoms with Gasteiger partial charge < -0.3 is 4.90 Å². The Labute approximate surface area is 108 Å². The molecule has 1 heterocycles. The van der Waals surface area contributed by atoms with Crippen LogP contribution in [-0.4, -0.2) is 47.6 Å². The van der Waals surface area contributed by atoms with Crippen LogP contribution in [0.5, 0.6) is 0 Å². The zero-order valence-electron chi connectivity index (χ0n) is 9.88. The highest BCUT2D eigenvalue weighted by Gasteiger charge is 2.19. The molecule has 0 aromatic heterocycles. The Kier molecular flexibility index (Phi) is 4.45. The minimum Gasteiger partial charge on any atom is -0.339 e. The highest BCUT2D eigenvalue weighted by atomic mass is 32.1. The maximum atomic E-state index is 11.5. The van der Waals surface area contributed by atoms with Crippen molar-refractivity contribution in [1.82, 2.24) is 9.80 Å². The van der Waals surface area contributed by atoms with Crippen LogP contribution in [0.3, 0.4) is 0 Å². The van der Waals surface area contributed by atoms with Crippen molar-refractivity contribution in [3.63, 3.8) is 0 Å². The third-order valence-corrected chi connectivity index (χ3v) is 3.38. The number of rotatable bonds is 3. The average Bonchev–Trinajstić information content (AvgIpc) is 2.40. The van der Waals surface area contributed by atoms with Crippen molar-refractivity contribution in [2.24, 2.45) is 0 Å². The molecule has 1 saturated heterocycles. The highest BCUT2D eigenvalue weighted by molar-refractivity contribution is 7.81. The Bertz CT molecular complexity index is 361. The third-order valence-electron chi connectivity index (χ3n) is 3.11. The lowest BCUT2D eigenvalue weighted by Crippen LogP contribution is -2.48. The van der Waals surface area contributed by atoms with Crippen molar-refractivity contribution >= 4 is 18.5 Å². The van der Waals surface area contributed by atoms with Crippen LogP contribution in [0, 0.1) is 0 Å². The van der Waals surface area contributed by atoms with E-state index in [-0.39, 0.29) is 5.91 Å². The van der Waals surface area contributed by atoms with Gasteiger partial charge in [0.25, 0.3) is 0 Å². The van der Waals surface area contributed by atoms with Gasteiger partial charge in [0, 0.05) is 32.7 Å². The van der Waals surface area contributed by atoms with Crippen molar-refractivity contribution in [3.05, 3.63) is 35.9 Å². The summed E-state index contributed by atoms with van der Waals surface area (Å²) in [6.45, 7) is 4.53. The van der Waals surface area contributed by atoms with E-state index in [0.29, 0.717) is 5.75 Å². The molecule has 0 saturated carbocycles. The molecule has 92 valence electrons. The zero-order valence-corrected chi connectivity index (χ0v) is 10.8. The summed E-state index contributed by atoms with van der Waals surface area (Å²) in [6.07, 6.45) is 0. The highest BCUT2D eigenvalue weighted by Crippen LogP contribution is 2.08. The van der Waals surface area contributed by atoms with E-state index >= 15 is 0 Å². The van der Waals surface area contributed by atoms with Crippen LogP contribution in [0.25, 0.3) is 0 Å². The fourth-order valence-electron chi connectivity index (χ4n) is 2.10. The lowest BCUT2D eigenvalue weighted by atomic mass is 10.2. The molecule has 1 aromatic carbocycles. The summed E-state index contributed by atoms with van der Waals surface area (Å²) in [6, 6.07) is 10.5. The lowest BCUT2D eigenvalue weighted by Gasteiger charge is -2.34. The molecular formula is C13H18N2OS. The minimum atomic E-state index is 0.146. The normalized spacial score (nSPS) is 17.1. The average molecular weight is 250 g/mol. The van der Waals surface area contributed by atoms with Crippen LogP contribution in [0.4, 0.5) is 0 Å². The zero-order chi connectivity index (χ0) is 12.1. The van der Waals surface area contributed by atoms with Gasteiger partial charge in [0.05, 0.1) is 5.75 Å². The summed E-state index contributed by atoms with van der Waals surface area (Å²) in [5.74, 6) is 0.464. The standard InChI is InChI=1S/C13H18N2OS/c16-13(11-17)15-8-6-14(7-9-15)10-12-4-2-1-3-5-12/h1-5,17H,6-11H2. The molecule has 1 fully saturated rings. The van der Waals surface area contributed by atoms with Gasteiger partial charge in [-0.05, 0) is 5.56 Å². The van der Waals surface area contributed by atoms with Crippen LogP contribution in [-0.2, 0) is 11.3 Å². The Morgan fingerprint density at radius 1 is 1.12 bits per heavy atom. The molecule has 1 aromatic rings. The van der Waals surface area contributed by atoms with Crippen LogP contribution < -0.4 is 0 Å². The Balaban J connectivity index is 1.82. The summed E-state index contributed by atoms with van der Waals surface area (Å²) in [5, 5.41) is 0. The van der Waals surface area contributed by atoms with Gasteiger partial charge >= 0.3 is 0 Å². The van der Waals surface area contributed by atoms with Gasteiger partial charge in [0.15, 0.2) is 0 Å². The number of carbonyl (C=O) groups excluding carboxylic acids is 1. The van der Waals surface area contributed by atoms with Crippen molar-refractivity contribution in [3.8, 4) is 0 Å². The van der Waals surface area contributed by atoms with Crippen LogP contribution >= 0.6 is 12.6 Å². The van der Waals surface area contributed by atoms with E-state index in [2.05, 4.69) is 41.8 Å². The van der Waals surface area contributed by atoms with Gasteiger partial charge in [-0.3, -0.25) is 9.69 Å². The Hall–Kier alpha value is -1.00. The topological polar surface area (TPSA) is 23.6 Å². The molecule has 1 aliphatic heterocycles. The molecule has 0 atom stereocenters. The Morgan fingerprint density at radius 2 is 1.76 bits per heavy atom. The number of amides is 1. The van der Waals surface area contributed by atoms with Crippen molar-refractivity contribution < 1.29 is 4.79 Å². The first-order chi connectivity index (χ1) is 8.29. The van der Waals surface area contributed by atoms with Crippen LogP contribution in [0.15, 0.2) is 30.3 Å². The van der Waals surface area contributed by atoms with E-state index in [0.717, 1.165) is 32.7 Å². The van der Waals surface area contributed by atoms with Crippen molar-refractivity contribution in [2.45, 2.75) is 6.54 Å². The number of carbonyl (C=O) groups is 1. The predicted molar refractivity (Wildman–Crippen MR) is 72.2 cm³/mol. The fourth-order valence-corrected chi connectivity index (χ4v) is 2.30. The summed E-state index contributed by atoms with van der Waals surface area (Å²) < 4.78 is 0.